The van der Waals surface area contributed by atoms with Crippen LogP contribution in [0.1, 0.15) is 139 Å². The molecule has 308 valence electrons. The second-order valence-corrected chi connectivity index (χ2v) is 17.1. The van der Waals surface area contributed by atoms with Crippen LogP contribution in [-0.4, -0.2) is 75.2 Å². The lowest BCUT2D eigenvalue weighted by Gasteiger charge is -2.30. The highest BCUT2D eigenvalue weighted by Gasteiger charge is 2.45. The summed E-state index contributed by atoms with van der Waals surface area (Å²) in [6.45, 7) is 14.2. The van der Waals surface area contributed by atoms with Crippen LogP contribution in [0.4, 0.5) is 28.4 Å². The average molecular weight is 791 g/mol. The third-order valence-corrected chi connectivity index (χ3v) is 9.00. The minimum absolute atomic E-state index is 0.0485. The van der Waals surface area contributed by atoms with Gasteiger partial charge in [0.15, 0.2) is 11.5 Å². The van der Waals surface area contributed by atoms with E-state index in [1.807, 2.05) is 0 Å². The van der Waals surface area contributed by atoms with Crippen molar-refractivity contribution in [2.24, 2.45) is 16.1 Å². The lowest BCUT2D eigenvalue weighted by molar-refractivity contribution is -0.142. The zero-order chi connectivity index (χ0) is 41.8. The van der Waals surface area contributed by atoms with Gasteiger partial charge in [-0.3, -0.25) is 9.59 Å². The van der Waals surface area contributed by atoms with E-state index in [1.165, 1.54) is 18.2 Å². The molecule has 1 aromatic heterocycles. The molecule has 17 heteroatoms. The highest BCUT2D eigenvalue weighted by atomic mass is 19.4. The summed E-state index contributed by atoms with van der Waals surface area (Å²) >= 11 is 0. The van der Waals surface area contributed by atoms with E-state index in [2.05, 4.69) is 20.7 Å². The lowest BCUT2D eigenvalue weighted by atomic mass is 9.75. The average Bonchev–Trinajstić information content (AvgIpc) is 3.42. The maximum absolute atomic E-state index is 14.1. The number of Topliss-reactive ketones (excluding diaryl/α,β-unsaturated/α-hetero) is 1. The van der Waals surface area contributed by atoms with Gasteiger partial charge in [0.05, 0.1) is 22.5 Å². The molecule has 2 aliphatic rings. The number of aromatic nitrogens is 2. The number of halogens is 3. The van der Waals surface area contributed by atoms with Crippen molar-refractivity contribution in [2.45, 2.75) is 143 Å². The van der Waals surface area contributed by atoms with Gasteiger partial charge in [0, 0.05) is 24.7 Å². The third kappa shape index (κ3) is 12.3. The molecule has 14 nitrogen and oxygen atoms in total. The van der Waals surface area contributed by atoms with Crippen LogP contribution in [0.3, 0.4) is 0 Å². The quantitative estimate of drug-likeness (QED) is 0.0889. The number of nitrogens with one attached hydrogen (secondary N) is 2. The van der Waals surface area contributed by atoms with Crippen molar-refractivity contribution in [2.75, 3.05) is 11.9 Å². The number of esters is 1. The number of amides is 3. The van der Waals surface area contributed by atoms with Crippen LogP contribution >= 0.6 is 0 Å². The number of alkyl halides is 3. The summed E-state index contributed by atoms with van der Waals surface area (Å²) in [5.74, 6) is -2.15. The Balaban J connectivity index is 1.44. The number of ether oxygens (including phenoxy) is 3. The van der Waals surface area contributed by atoms with Crippen LogP contribution in [-0.2, 0) is 31.6 Å². The number of fused-ring (bicyclic) bond motifs is 1. The zero-order valence-corrected chi connectivity index (χ0v) is 33.3. The largest absolute Gasteiger partial charge is 0.458 e. The smallest absolute Gasteiger partial charge is 0.435 e. The zero-order valence-electron chi connectivity index (χ0n) is 33.3. The molecular formula is C39H53F3N6O8. The number of hydrogen-bond acceptors (Lipinski definition) is 10. The van der Waals surface area contributed by atoms with Crippen molar-refractivity contribution in [1.82, 2.24) is 15.1 Å². The molecule has 4 rings (SSSR count). The molecule has 0 atom stereocenters. The fourth-order valence-electron chi connectivity index (χ4n) is 6.64. The van der Waals surface area contributed by atoms with Gasteiger partial charge in [-0.25, -0.2) is 19.1 Å². The number of anilines is 1. The van der Waals surface area contributed by atoms with Crippen molar-refractivity contribution in [3.63, 3.8) is 0 Å². The molecule has 1 aromatic carbocycles. The van der Waals surface area contributed by atoms with Crippen LogP contribution in [0.2, 0.25) is 0 Å². The minimum atomic E-state index is -4.86. The number of benzene rings is 1. The van der Waals surface area contributed by atoms with E-state index in [1.54, 1.807) is 55.4 Å². The number of rotatable bonds is 11. The second-order valence-electron chi connectivity index (χ2n) is 17.1. The van der Waals surface area contributed by atoms with Crippen molar-refractivity contribution in [3.05, 3.63) is 40.7 Å². The van der Waals surface area contributed by atoms with Crippen molar-refractivity contribution in [3.8, 4) is 5.69 Å². The van der Waals surface area contributed by atoms with Gasteiger partial charge in [-0.1, -0.05) is 13.8 Å². The molecule has 0 unspecified atom stereocenters. The Morgan fingerprint density at radius 1 is 0.964 bits per heavy atom. The van der Waals surface area contributed by atoms with Gasteiger partial charge in [0.2, 0.25) is 0 Å². The van der Waals surface area contributed by atoms with E-state index >= 15 is 0 Å². The Morgan fingerprint density at radius 2 is 1.61 bits per heavy atom. The van der Waals surface area contributed by atoms with E-state index in [0.717, 1.165) is 4.68 Å². The monoisotopic (exact) mass is 790 g/mol. The van der Waals surface area contributed by atoms with Crippen LogP contribution < -0.4 is 16.4 Å². The predicted molar refractivity (Wildman–Crippen MR) is 201 cm³/mol. The van der Waals surface area contributed by atoms with Gasteiger partial charge in [0.1, 0.15) is 23.0 Å². The van der Waals surface area contributed by atoms with Crippen molar-refractivity contribution >= 4 is 41.2 Å². The molecule has 1 saturated carbocycles. The Hall–Kier alpha value is -4.96. The van der Waals surface area contributed by atoms with Crippen LogP contribution in [0.5, 0.6) is 0 Å². The molecule has 1 heterocycles. The number of unbranched alkanes of at least 4 members (excludes halogenated alkanes) is 1. The van der Waals surface area contributed by atoms with E-state index < -0.39 is 70.0 Å². The molecule has 1 fully saturated rings. The van der Waals surface area contributed by atoms with Crippen molar-refractivity contribution in [1.29, 1.82) is 0 Å². The number of carbonyl (C=O) groups excluding carboxylic acids is 5. The first-order valence-corrected chi connectivity index (χ1v) is 18.7. The molecule has 0 saturated heterocycles. The molecule has 0 aliphatic heterocycles. The van der Waals surface area contributed by atoms with Gasteiger partial charge in [0.25, 0.3) is 5.91 Å². The van der Waals surface area contributed by atoms with Crippen molar-refractivity contribution < 1.29 is 51.4 Å². The number of nitrogens with two attached hydrogens (primary N) is 1. The normalized spacial score (nSPS) is 18.8. The Morgan fingerprint density at radius 3 is 2.20 bits per heavy atom. The summed E-state index contributed by atoms with van der Waals surface area (Å²) in [6, 6.07) is 4.11. The first-order chi connectivity index (χ1) is 25.8. The Bertz CT molecular complexity index is 1850. The fraction of sp³-hybridized carbons (Fsp3) is 0.615. The molecule has 0 bridgehead atoms. The van der Waals surface area contributed by atoms with E-state index in [-0.39, 0.29) is 60.2 Å². The number of aliphatic imine (C=N–C) groups is 1. The third-order valence-electron chi connectivity index (χ3n) is 9.00. The highest BCUT2D eigenvalue weighted by molar-refractivity contribution is 6.38. The number of alkyl carbamates (subject to hydrolysis) is 1. The van der Waals surface area contributed by atoms with E-state index in [0.29, 0.717) is 38.5 Å². The molecule has 2 aliphatic carbocycles. The summed E-state index contributed by atoms with van der Waals surface area (Å²) in [7, 11) is 0. The summed E-state index contributed by atoms with van der Waals surface area (Å²) in [6.07, 6.45) is -4.01. The Kier molecular flexibility index (Phi) is 13.3. The van der Waals surface area contributed by atoms with Crippen LogP contribution in [0.15, 0.2) is 23.2 Å². The highest BCUT2D eigenvalue weighted by Crippen LogP contribution is 2.42. The van der Waals surface area contributed by atoms with Crippen LogP contribution in [0, 0.1) is 5.41 Å². The standard InChI is InChI=1S/C39H53F3N6O8/c1-36(2,3)55-34(52)44-18-10-9-11-26(46-35(53)56-37(4,5)6)33(51)54-24-15-12-22(13-16-24)45-27-19-23(14-17-25(27)32(43)50)48-28-20-38(7,8)21-29(49)30(28)31(47-48)39(40,41)42/h14,17,19,22,24,45H,9-13,15-16,18,20-21H2,1-8H3,(H2,43,50)(H,44,52)/b46-26+. The number of ketones is 1. The number of hydrogen-bond donors (Lipinski definition) is 3. The predicted octanol–water partition coefficient (Wildman–Crippen LogP) is 7.48. The Labute approximate surface area is 324 Å². The summed E-state index contributed by atoms with van der Waals surface area (Å²) < 4.78 is 59.6. The molecule has 56 heavy (non-hydrogen) atoms. The summed E-state index contributed by atoms with van der Waals surface area (Å²) in [4.78, 5) is 67.1. The minimum Gasteiger partial charge on any atom is -0.458 e. The molecule has 0 radical (unpaired) electrons. The number of nitrogens with zero attached hydrogens (tertiary/aromatic N) is 3. The van der Waals surface area contributed by atoms with E-state index in [9.17, 15) is 37.1 Å². The number of primary amides is 1. The second kappa shape index (κ2) is 17.0. The lowest BCUT2D eigenvalue weighted by Crippen LogP contribution is -2.34. The molecule has 4 N–H and O–H groups in total. The number of carbonyl (C=O) groups is 5. The topological polar surface area (TPSA) is 193 Å². The van der Waals surface area contributed by atoms with Gasteiger partial charge in [-0.05, 0) is 117 Å². The fourth-order valence-corrected chi connectivity index (χ4v) is 6.64. The van der Waals surface area contributed by atoms with E-state index in [4.69, 9.17) is 19.9 Å². The first kappa shape index (κ1) is 43.8. The molecular weight excluding hydrogens is 737 g/mol. The SMILES string of the molecule is CC1(C)CC(=O)c2c(C(F)(F)F)nn(-c3ccc(C(N)=O)c(NC4CCC(OC(=O)/C(CCCCNC(=O)OC(C)(C)C)=N/C(=O)OC(C)(C)C)CC4)c3)c2C1. The van der Waals surface area contributed by atoms with Gasteiger partial charge < -0.3 is 30.6 Å². The molecule has 2 aromatic rings. The van der Waals surface area contributed by atoms with Gasteiger partial charge in [-0.15, -0.1) is 0 Å². The maximum atomic E-state index is 14.1. The van der Waals surface area contributed by atoms with Gasteiger partial charge in [-0.2, -0.15) is 23.3 Å². The summed E-state index contributed by atoms with van der Waals surface area (Å²) in [5.41, 5.74) is 2.55. The van der Waals surface area contributed by atoms with Gasteiger partial charge >= 0.3 is 24.3 Å². The first-order valence-electron chi connectivity index (χ1n) is 18.7. The summed E-state index contributed by atoms with van der Waals surface area (Å²) in [5, 5.41) is 9.80. The van der Waals surface area contributed by atoms with Crippen LogP contribution in [0.25, 0.3) is 5.69 Å². The maximum Gasteiger partial charge on any atom is 0.435 e. The molecule has 3 amide bonds. The molecule has 0 spiro atoms.